The largest absolute Gasteiger partial charge is 0.416 e. The number of aliphatic hydroxyl groups is 1. The Morgan fingerprint density at radius 2 is 1.75 bits per heavy atom. The number of likely N-dealkylation sites (tertiary alicyclic amines) is 1. The quantitative estimate of drug-likeness (QED) is 0.189. The van der Waals surface area contributed by atoms with Crippen LogP contribution < -0.4 is 0 Å². The van der Waals surface area contributed by atoms with Crippen molar-refractivity contribution in [3.8, 4) is 11.3 Å². The summed E-state index contributed by atoms with van der Waals surface area (Å²) in [5, 5.41) is 16.7. The molecule has 0 amide bonds. The van der Waals surface area contributed by atoms with Gasteiger partial charge in [0.25, 0.3) is 0 Å². The Hall–Kier alpha value is -3.21. The number of thiophene rings is 1. The number of aliphatic hydroxyl groups excluding tert-OH is 1. The van der Waals surface area contributed by atoms with Crippen LogP contribution >= 0.6 is 11.3 Å². The first-order valence-electron chi connectivity index (χ1n) is 15.4. The number of halogens is 4. The number of aldehydes is 1. The molecule has 15 heteroatoms. The Morgan fingerprint density at radius 1 is 1.08 bits per heavy atom. The Balaban J connectivity index is 0.00000145. The van der Waals surface area contributed by atoms with Crippen LogP contribution in [-0.4, -0.2) is 91.6 Å². The number of carbonyl (C=O) groups is 1. The van der Waals surface area contributed by atoms with Gasteiger partial charge in [0, 0.05) is 61.8 Å². The monoisotopic (exact) mass is 710 g/mol. The molecular weight excluding hydrogens is 673 g/mol. The van der Waals surface area contributed by atoms with Crippen molar-refractivity contribution in [1.82, 2.24) is 19.0 Å². The molecule has 1 saturated heterocycles. The molecule has 0 radical (unpaired) electrons. The number of fused-ring (bicyclic) bond motifs is 2. The lowest BCUT2D eigenvalue weighted by Crippen LogP contribution is -2.40. The van der Waals surface area contributed by atoms with E-state index >= 15 is 0 Å². The second-order valence-electron chi connectivity index (χ2n) is 12.2. The third-order valence-electron chi connectivity index (χ3n) is 8.73. The lowest BCUT2D eigenvalue weighted by Gasteiger charge is -2.33. The molecule has 1 fully saturated rings. The van der Waals surface area contributed by atoms with Crippen LogP contribution in [0.15, 0.2) is 42.5 Å². The van der Waals surface area contributed by atoms with Crippen molar-refractivity contribution < 1.29 is 40.6 Å². The van der Waals surface area contributed by atoms with E-state index in [1.165, 1.54) is 39.9 Å². The summed E-state index contributed by atoms with van der Waals surface area (Å²) in [6.45, 7) is 2.16. The first kappa shape index (κ1) is 36.1. The van der Waals surface area contributed by atoms with Gasteiger partial charge < -0.3 is 14.7 Å². The number of piperidine rings is 1. The van der Waals surface area contributed by atoms with Crippen molar-refractivity contribution in [2.24, 2.45) is 0 Å². The van der Waals surface area contributed by atoms with Gasteiger partial charge in [-0.1, -0.05) is 18.2 Å². The lowest BCUT2D eigenvalue weighted by molar-refractivity contribution is -0.137. The number of methoxy groups -OCH3 is 1. The molecule has 4 heterocycles. The van der Waals surface area contributed by atoms with Gasteiger partial charge in [-0.25, -0.2) is 12.8 Å². The summed E-state index contributed by atoms with van der Waals surface area (Å²) in [5.41, 5.74) is 2.38. The fourth-order valence-corrected chi connectivity index (χ4v) is 8.44. The van der Waals surface area contributed by atoms with E-state index in [9.17, 15) is 35.9 Å². The highest BCUT2D eigenvalue weighted by molar-refractivity contribution is 7.88. The van der Waals surface area contributed by atoms with E-state index in [-0.39, 0.29) is 31.4 Å². The maximum Gasteiger partial charge on any atom is 0.416 e. The maximum atomic E-state index is 13.8. The second kappa shape index (κ2) is 14.7. The minimum atomic E-state index is -4.49. The predicted molar refractivity (Wildman–Crippen MR) is 176 cm³/mol. The molecule has 2 aliphatic rings. The van der Waals surface area contributed by atoms with Crippen LogP contribution in [0.1, 0.15) is 50.8 Å². The van der Waals surface area contributed by atoms with Crippen molar-refractivity contribution in [3.05, 3.63) is 75.5 Å². The normalized spacial score (nSPS) is 17.2. The van der Waals surface area contributed by atoms with Crippen molar-refractivity contribution in [2.75, 3.05) is 46.7 Å². The number of sulfonamides is 1. The Kier molecular flexibility index (Phi) is 11.1. The summed E-state index contributed by atoms with van der Waals surface area (Å²) in [5.74, 6) is -0.200. The van der Waals surface area contributed by atoms with Crippen molar-refractivity contribution in [2.45, 2.75) is 50.6 Å². The summed E-state index contributed by atoms with van der Waals surface area (Å²) in [6, 6.07) is 9.22. The molecule has 2 aromatic carbocycles. The van der Waals surface area contributed by atoms with Crippen LogP contribution in [0, 0.1) is 5.82 Å². The Morgan fingerprint density at radius 3 is 2.35 bits per heavy atom. The highest BCUT2D eigenvalue weighted by Crippen LogP contribution is 2.40. The summed E-state index contributed by atoms with van der Waals surface area (Å²) in [6.07, 6.45) is -1.45. The third-order valence-corrected chi connectivity index (χ3v) is 11.1. The Bertz CT molecular complexity index is 1850. The molecule has 9 nitrogen and oxygen atoms in total. The first-order valence-corrected chi connectivity index (χ1v) is 18.1. The summed E-state index contributed by atoms with van der Waals surface area (Å²) in [4.78, 5) is 14.6. The van der Waals surface area contributed by atoms with Crippen LogP contribution in [0.3, 0.4) is 0 Å². The highest BCUT2D eigenvalue weighted by Gasteiger charge is 2.33. The molecule has 260 valence electrons. The van der Waals surface area contributed by atoms with Crippen molar-refractivity contribution in [1.29, 1.82) is 0 Å². The molecule has 1 N–H and O–H groups in total. The number of alkyl halides is 3. The van der Waals surface area contributed by atoms with Crippen LogP contribution in [0.2, 0.25) is 0 Å². The van der Waals surface area contributed by atoms with Crippen molar-refractivity contribution in [3.63, 3.8) is 0 Å². The average Bonchev–Trinajstić information content (AvgIpc) is 3.58. The first-order chi connectivity index (χ1) is 22.7. The Labute approximate surface area is 280 Å². The van der Waals surface area contributed by atoms with E-state index in [2.05, 4.69) is 14.7 Å². The van der Waals surface area contributed by atoms with Gasteiger partial charge in [-0.15, -0.1) is 11.3 Å². The van der Waals surface area contributed by atoms with Crippen LogP contribution in [0.5, 0.6) is 0 Å². The fraction of sp³-hybridized carbons (Fsp3) is 0.455. The SMILES string of the molecule is COC.CS(=O)(=O)N1CCc2c(c(-c3ccc(C(F)(F)F)cc3)nn2CC(O)CN2CCC(c3c(C=O)sc4cc(F)ccc34)CC2)C1. The minimum Gasteiger partial charge on any atom is -0.390 e. The zero-order valence-electron chi connectivity index (χ0n) is 26.8. The van der Waals surface area contributed by atoms with Crippen LogP contribution in [0.25, 0.3) is 21.3 Å². The smallest absolute Gasteiger partial charge is 0.390 e. The molecular formula is C33H38F4N4O5S2. The number of rotatable bonds is 8. The second-order valence-corrected chi connectivity index (χ2v) is 15.2. The third kappa shape index (κ3) is 7.98. The van der Waals surface area contributed by atoms with Gasteiger partial charge in [-0.3, -0.25) is 9.48 Å². The number of benzene rings is 2. The topological polar surface area (TPSA) is 105 Å². The van der Waals surface area contributed by atoms with Gasteiger partial charge in [0.1, 0.15) is 5.82 Å². The van der Waals surface area contributed by atoms with Crippen LogP contribution in [-0.2, 0) is 40.4 Å². The molecule has 4 aromatic rings. The zero-order valence-corrected chi connectivity index (χ0v) is 28.5. The highest BCUT2D eigenvalue weighted by atomic mass is 32.2. The van der Waals surface area contributed by atoms with Crippen molar-refractivity contribution >= 4 is 37.7 Å². The van der Waals surface area contributed by atoms with E-state index in [0.717, 1.165) is 58.9 Å². The van der Waals surface area contributed by atoms with E-state index in [1.807, 2.05) is 0 Å². The van der Waals surface area contributed by atoms with Gasteiger partial charge in [0.05, 0.1) is 35.0 Å². The molecule has 0 bridgehead atoms. The molecule has 2 aliphatic heterocycles. The van der Waals surface area contributed by atoms with Gasteiger partial charge in [-0.05, 0) is 67.1 Å². The number of aromatic nitrogens is 2. The van der Waals surface area contributed by atoms with Gasteiger partial charge in [0.2, 0.25) is 10.0 Å². The number of carbonyl (C=O) groups excluding carboxylic acids is 1. The number of nitrogens with zero attached hydrogens (tertiary/aromatic N) is 4. The molecule has 48 heavy (non-hydrogen) atoms. The molecule has 0 saturated carbocycles. The maximum absolute atomic E-state index is 13.8. The predicted octanol–water partition coefficient (Wildman–Crippen LogP) is 5.56. The molecule has 0 spiro atoms. The van der Waals surface area contributed by atoms with Gasteiger partial charge in [0.15, 0.2) is 6.29 Å². The van der Waals surface area contributed by atoms with E-state index < -0.39 is 27.9 Å². The fourth-order valence-electron chi connectivity index (χ4n) is 6.53. The van der Waals surface area contributed by atoms with Gasteiger partial charge >= 0.3 is 6.18 Å². The summed E-state index contributed by atoms with van der Waals surface area (Å²) < 4.78 is 85.9. The minimum absolute atomic E-state index is 0.0425. The number of hydrogen-bond donors (Lipinski definition) is 1. The van der Waals surface area contributed by atoms with E-state index in [4.69, 9.17) is 0 Å². The standard InChI is InChI=1S/C31H32F4N4O4S2.C2H6O/c1-45(42,43)38-13-10-26-25(17-38)30(20-2-4-21(5-3-20)31(33,34)35)36-39(26)16-23(41)15-37-11-8-19(9-12-37)29-24-7-6-22(32)14-27(24)44-28(29)18-40;1-3-2/h2-7,14,18-19,23,41H,8-13,15-17H2,1H3;1-2H3. The van der Waals surface area contributed by atoms with Crippen LogP contribution in [0.4, 0.5) is 17.6 Å². The van der Waals surface area contributed by atoms with E-state index in [0.29, 0.717) is 47.8 Å². The molecule has 6 rings (SSSR count). The molecule has 2 aromatic heterocycles. The average molecular weight is 711 g/mol. The zero-order chi connectivity index (χ0) is 34.8. The number of ether oxygens (including phenoxy) is 1. The number of β-amino-alcohol motifs (C(OH)–C–C–N with tert-alkyl or cyclic N) is 1. The van der Waals surface area contributed by atoms with Gasteiger partial charge in [-0.2, -0.15) is 22.6 Å². The molecule has 1 atom stereocenters. The summed E-state index contributed by atoms with van der Waals surface area (Å²) >= 11 is 1.30. The molecule has 1 unspecified atom stereocenters. The number of hydrogen-bond acceptors (Lipinski definition) is 8. The molecule has 0 aliphatic carbocycles. The lowest BCUT2D eigenvalue weighted by atomic mass is 9.87. The van der Waals surface area contributed by atoms with E-state index in [1.54, 1.807) is 25.0 Å². The summed E-state index contributed by atoms with van der Waals surface area (Å²) in [7, 11) is -0.260.